The smallest absolute Gasteiger partial charge is 0.326 e. The van der Waals surface area contributed by atoms with Crippen LogP contribution in [0.3, 0.4) is 0 Å². The average molecular weight is 451 g/mol. The molecule has 0 unspecified atom stereocenters. The minimum absolute atomic E-state index is 0.0764. The number of benzene rings is 1. The summed E-state index contributed by atoms with van der Waals surface area (Å²) < 4.78 is 2.84. The number of hydrogen-bond acceptors (Lipinski definition) is 4. The topological polar surface area (TPSA) is 82.1 Å². The van der Waals surface area contributed by atoms with E-state index < -0.39 is 17.7 Å². The SMILES string of the molecule is CCCN1C(=O)C(c2c(C)nn(-c3cccc(Cl)c3)c2[O-])=C([n+]2ccc(C)c(C)c2)C1=O. The number of hydrogen-bond donors (Lipinski definition) is 0. The van der Waals surface area contributed by atoms with Crippen molar-refractivity contribution in [3.63, 3.8) is 0 Å². The van der Waals surface area contributed by atoms with Crippen molar-refractivity contribution < 1.29 is 19.3 Å². The van der Waals surface area contributed by atoms with Crippen LogP contribution in [0.25, 0.3) is 17.0 Å². The Labute approximate surface area is 191 Å². The molecular weight excluding hydrogens is 428 g/mol. The van der Waals surface area contributed by atoms with Crippen LogP contribution in [0.2, 0.25) is 5.02 Å². The van der Waals surface area contributed by atoms with E-state index in [9.17, 15) is 14.7 Å². The van der Waals surface area contributed by atoms with Crippen molar-refractivity contribution >= 4 is 34.7 Å². The van der Waals surface area contributed by atoms with Gasteiger partial charge in [-0.1, -0.05) is 24.6 Å². The van der Waals surface area contributed by atoms with Crippen molar-refractivity contribution in [1.29, 1.82) is 0 Å². The van der Waals surface area contributed by atoms with Gasteiger partial charge in [0.05, 0.1) is 11.4 Å². The van der Waals surface area contributed by atoms with Crippen LogP contribution in [0.4, 0.5) is 0 Å². The summed E-state index contributed by atoms with van der Waals surface area (Å²) in [6.45, 7) is 7.72. The Morgan fingerprint density at radius 2 is 1.84 bits per heavy atom. The molecule has 1 aliphatic rings. The van der Waals surface area contributed by atoms with Gasteiger partial charge in [-0.15, -0.1) is 0 Å². The average Bonchev–Trinajstić information content (AvgIpc) is 3.17. The summed E-state index contributed by atoms with van der Waals surface area (Å²) in [4.78, 5) is 27.9. The minimum Gasteiger partial charge on any atom is -0.858 e. The van der Waals surface area contributed by atoms with Crippen LogP contribution in [-0.4, -0.2) is 33.0 Å². The maximum absolute atomic E-state index is 13.4. The van der Waals surface area contributed by atoms with Gasteiger partial charge in [0.25, 0.3) is 11.6 Å². The number of carbonyl (C=O) groups is 2. The molecule has 2 amide bonds. The first kappa shape index (κ1) is 21.8. The van der Waals surface area contributed by atoms with Gasteiger partial charge in [-0.25, -0.2) is 4.68 Å². The molecule has 32 heavy (non-hydrogen) atoms. The molecule has 4 rings (SSSR count). The van der Waals surface area contributed by atoms with Crippen molar-refractivity contribution in [2.45, 2.75) is 34.1 Å². The fourth-order valence-electron chi connectivity index (χ4n) is 3.85. The molecule has 0 saturated heterocycles. The third kappa shape index (κ3) is 3.48. The summed E-state index contributed by atoms with van der Waals surface area (Å²) in [5.74, 6) is -1.38. The Kier molecular flexibility index (Phi) is 5.60. The molecule has 1 aromatic carbocycles. The Morgan fingerprint density at radius 1 is 1.09 bits per heavy atom. The maximum Gasteiger partial charge on any atom is 0.326 e. The lowest BCUT2D eigenvalue weighted by Gasteiger charge is -2.14. The monoisotopic (exact) mass is 450 g/mol. The quantitative estimate of drug-likeness (QED) is 0.442. The summed E-state index contributed by atoms with van der Waals surface area (Å²) in [5, 5.41) is 18.3. The molecule has 0 N–H and O–H groups in total. The molecule has 0 saturated carbocycles. The lowest BCUT2D eigenvalue weighted by atomic mass is 10.0. The van der Waals surface area contributed by atoms with E-state index in [0.29, 0.717) is 22.8 Å². The fourth-order valence-corrected chi connectivity index (χ4v) is 4.03. The summed E-state index contributed by atoms with van der Waals surface area (Å²) in [7, 11) is 0. The molecule has 0 atom stereocenters. The number of imide groups is 1. The Bertz CT molecular complexity index is 1290. The van der Waals surface area contributed by atoms with Crippen molar-refractivity contribution in [3.05, 3.63) is 70.1 Å². The number of carbonyl (C=O) groups excluding carboxylic acids is 2. The van der Waals surface area contributed by atoms with Crippen LogP contribution in [-0.2, 0) is 9.59 Å². The van der Waals surface area contributed by atoms with Crippen LogP contribution < -0.4 is 9.67 Å². The zero-order valence-electron chi connectivity index (χ0n) is 18.3. The Balaban J connectivity index is 1.97. The van der Waals surface area contributed by atoms with E-state index in [1.165, 1.54) is 9.58 Å². The van der Waals surface area contributed by atoms with Crippen LogP contribution >= 0.6 is 11.6 Å². The first-order valence-corrected chi connectivity index (χ1v) is 10.7. The third-order valence-corrected chi connectivity index (χ3v) is 5.84. The zero-order chi connectivity index (χ0) is 23.2. The molecule has 8 heteroatoms. The Hall–Kier alpha value is -3.45. The van der Waals surface area contributed by atoms with Gasteiger partial charge in [-0.05, 0) is 56.8 Å². The van der Waals surface area contributed by atoms with Crippen molar-refractivity contribution in [3.8, 4) is 11.6 Å². The summed E-state index contributed by atoms with van der Waals surface area (Å²) in [5.41, 5.74) is 3.24. The van der Waals surface area contributed by atoms with Gasteiger partial charge in [0, 0.05) is 28.8 Å². The lowest BCUT2D eigenvalue weighted by Crippen LogP contribution is -2.40. The van der Waals surface area contributed by atoms with E-state index in [4.69, 9.17) is 11.6 Å². The van der Waals surface area contributed by atoms with Gasteiger partial charge in [0.1, 0.15) is 5.57 Å². The number of nitrogens with zero attached hydrogens (tertiary/aromatic N) is 4. The van der Waals surface area contributed by atoms with Crippen molar-refractivity contribution in [2.75, 3.05) is 6.54 Å². The summed E-state index contributed by atoms with van der Waals surface area (Å²) >= 11 is 6.09. The number of aromatic nitrogens is 3. The molecular formula is C24H23ClN4O3. The molecule has 0 bridgehead atoms. The molecule has 7 nitrogen and oxygen atoms in total. The number of pyridine rings is 1. The van der Waals surface area contributed by atoms with Crippen LogP contribution in [0, 0.1) is 20.8 Å². The van der Waals surface area contributed by atoms with E-state index >= 15 is 0 Å². The maximum atomic E-state index is 13.4. The summed E-state index contributed by atoms with van der Waals surface area (Å²) in [6, 6.07) is 8.63. The second-order valence-corrected chi connectivity index (χ2v) is 8.30. The predicted molar refractivity (Wildman–Crippen MR) is 119 cm³/mol. The molecule has 0 aliphatic carbocycles. The van der Waals surface area contributed by atoms with Crippen molar-refractivity contribution in [2.24, 2.45) is 0 Å². The van der Waals surface area contributed by atoms with Crippen LogP contribution in [0.5, 0.6) is 5.88 Å². The largest absolute Gasteiger partial charge is 0.858 e. The van der Waals surface area contributed by atoms with E-state index in [1.54, 1.807) is 48.1 Å². The first-order chi connectivity index (χ1) is 15.2. The van der Waals surface area contributed by atoms with E-state index in [0.717, 1.165) is 11.1 Å². The number of aryl methyl sites for hydroxylation is 3. The minimum atomic E-state index is -0.483. The van der Waals surface area contributed by atoms with Gasteiger partial charge in [-0.3, -0.25) is 14.5 Å². The Morgan fingerprint density at radius 3 is 2.50 bits per heavy atom. The summed E-state index contributed by atoms with van der Waals surface area (Å²) in [6.07, 6.45) is 4.15. The highest BCUT2D eigenvalue weighted by Gasteiger charge is 2.46. The van der Waals surface area contributed by atoms with E-state index in [1.807, 2.05) is 26.8 Å². The van der Waals surface area contributed by atoms with Crippen molar-refractivity contribution in [1.82, 2.24) is 14.7 Å². The highest BCUT2D eigenvalue weighted by Crippen LogP contribution is 2.36. The highest BCUT2D eigenvalue weighted by atomic mass is 35.5. The second-order valence-electron chi connectivity index (χ2n) is 7.86. The zero-order valence-corrected chi connectivity index (χ0v) is 19.1. The van der Waals surface area contributed by atoms with Gasteiger partial charge in [0.2, 0.25) is 0 Å². The predicted octanol–water partition coefficient (Wildman–Crippen LogP) is 2.96. The van der Waals surface area contributed by atoms with Crippen LogP contribution in [0.1, 0.15) is 35.7 Å². The molecule has 0 spiro atoms. The van der Waals surface area contributed by atoms with Gasteiger partial charge in [0.15, 0.2) is 12.4 Å². The first-order valence-electron chi connectivity index (χ1n) is 10.4. The van der Waals surface area contributed by atoms with Gasteiger partial charge < -0.3 is 5.11 Å². The van der Waals surface area contributed by atoms with Crippen LogP contribution in [0.15, 0.2) is 42.7 Å². The molecule has 0 fully saturated rings. The van der Waals surface area contributed by atoms with E-state index in [2.05, 4.69) is 5.10 Å². The normalized spacial score (nSPS) is 14.1. The standard InChI is InChI=1S/C24H23ClN4O3/c1-5-10-28-22(30)20(21(24(28)32)27-11-9-14(2)15(3)13-27)19-16(4)26-29(23(19)31)18-8-6-7-17(25)12-18/h6-9,11-13H,5,10H2,1-4H3. The lowest BCUT2D eigenvalue weighted by molar-refractivity contribution is -0.577. The molecule has 0 radical (unpaired) electrons. The number of amides is 2. The highest BCUT2D eigenvalue weighted by molar-refractivity contribution is 6.44. The van der Waals surface area contributed by atoms with Gasteiger partial charge in [-0.2, -0.15) is 9.67 Å². The molecule has 164 valence electrons. The molecule has 1 aliphatic heterocycles. The fraction of sp³-hybridized carbons (Fsp3) is 0.250. The molecule has 3 heterocycles. The third-order valence-electron chi connectivity index (χ3n) is 5.61. The number of rotatable bonds is 5. The molecule has 3 aromatic rings. The van der Waals surface area contributed by atoms with Gasteiger partial charge >= 0.3 is 5.91 Å². The number of halogens is 1. The second kappa shape index (κ2) is 8.24. The molecule has 2 aromatic heterocycles. The van der Waals surface area contributed by atoms with E-state index in [-0.39, 0.29) is 23.4 Å².